The number of hydrogen-bond acceptors (Lipinski definition) is 2. The molecule has 150 valence electrons. The van der Waals surface area contributed by atoms with Gasteiger partial charge in [0.2, 0.25) is 5.91 Å². The fraction of sp³-hybridized carbons (Fsp3) is 0.304. The Hall–Kier alpha value is -2.79. The van der Waals surface area contributed by atoms with Crippen LogP contribution >= 0.6 is 11.6 Å². The highest BCUT2D eigenvalue weighted by Gasteiger charge is 2.29. The molecular weight excluding hydrogens is 386 g/mol. The van der Waals surface area contributed by atoms with Gasteiger partial charge in [0.15, 0.2) is 0 Å². The Bertz CT molecular complexity index is 1090. The largest absolute Gasteiger partial charge is 0.348 e. The van der Waals surface area contributed by atoms with Crippen molar-refractivity contribution in [3.63, 3.8) is 0 Å². The summed E-state index contributed by atoms with van der Waals surface area (Å²) < 4.78 is 3.31. The van der Waals surface area contributed by atoms with E-state index < -0.39 is 0 Å². The summed E-state index contributed by atoms with van der Waals surface area (Å²) in [6, 6.07) is 15.6. The Labute approximate surface area is 174 Å². The van der Waals surface area contributed by atoms with Crippen LogP contribution in [0.2, 0.25) is 5.02 Å². The standard InChI is InChI=1S/C23H24ClN3O2/c1-15-4-3-5-18(12-15)16(2)25-22(28)14-26-13-21(17-6-8-19(24)9-7-17)27(23(26)29)20-10-11-20/h3-9,12-13,16,20H,10-11,14H2,1-2H3,(H,25,28). The Morgan fingerprint density at radius 2 is 1.93 bits per heavy atom. The number of rotatable bonds is 6. The molecule has 0 spiro atoms. The first-order valence-corrected chi connectivity index (χ1v) is 10.2. The lowest BCUT2D eigenvalue weighted by Gasteiger charge is -2.15. The fourth-order valence-corrected chi connectivity index (χ4v) is 3.73. The topological polar surface area (TPSA) is 56.0 Å². The van der Waals surface area contributed by atoms with Gasteiger partial charge in [-0.15, -0.1) is 0 Å². The number of halogens is 1. The van der Waals surface area contributed by atoms with Gasteiger partial charge in [-0.25, -0.2) is 4.79 Å². The second-order valence-electron chi connectivity index (χ2n) is 7.74. The molecule has 5 nitrogen and oxygen atoms in total. The van der Waals surface area contributed by atoms with Crippen LogP contribution in [0.3, 0.4) is 0 Å². The highest BCUT2D eigenvalue weighted by atomic mass is 35.5. The summed E-state index contributed by atoms with van der Waals surface area (Å²) in [5.74, 6) is -0.184. The van der Waals surface area contributed by atoms with E-state index >= 15 is 0 Å². The molecule has 6 heteroatoms. The Morgan fingerprint density at radius 3 is 2.59 bits per heavy atom. The van der Waals surface area contributed by atoms with E-state index in [1.54, 1.807) is 10.8 Å². The number of nitrogens with one attached hydrogen (secondary N) is 1. The van der Waals surface area contributed by atoms with Crippen LogP contribution < -0.4 is 11.0 Å². The molecule has 2 aromatic carbocycles. The normalized spacial score (nSPS) is 14.6. The number of aromatic nitrogens is 2. The van der Waals surface area contributed by atoms with E-state index in [4.69, 9.17) is 11.6 Å². The van der Waals surface area contributed by atoms with Crippen molar-refractivity contribution >= 4 is 17.5 Å². The summed E-state index contributed by atoms with van der Waals surface area (Å²) in [6.45, 7) is 3.97. The zero-order valence-electron chi connectivity index (χ0n) is 16.6. The molecule has 1 amide bonds. The third kappa shape index (κ3) is 4.30. The van der Waals surface area contributed by atoms with E-state index in [0.717, 1.165) is 35.2 Å². The molecule has 29 heavy (non-hydrogen) atoms. The number of carbonyl (C=O) groups is 1. The quantitative estimate of drug-likeness (QED) is 0.652. The minimum absolute atomic E-state index is 0.00466. The smallest absolute Gasteiger partial charge is 0.329 e. The molecular formula is C23H24ClN3O2. The van der Waals surface area contributed by atoms with Gasteiger partial charge in [-0.05, 0) is 49.9 Å². The number of benzene rings is 2. The molecule has 1 fully saturated rings. The molecule has 4 rings (SSSR count). The van der Waals surface area contributed by atoms with E-state index in [1.807, 2.05) is 56.3 Å². The first-order chi connectivity index (χ1) is 13.9. The first kappa shape index (κ1) is 19.5. The molecule has 1 aromatic heterocycles. The molecule has 0 aliphatic heterocycles. The van der Waals surface area contributed by atoms with Crippen LogP contribution in [0.5, 0.6) is 0 Å². The van der Waals surface area contributed by atoms with E-state index in [9.17, 15) is 9.59 Å². The Kier molecular flexibility index (Phi) is 5.33. The lowest BCUT2D eigenvalue weighted by Crippen LogP contribution is -2.34. The number of aryl methyl sites for hydroxylation is 1. The number of hydrogen-bond donors (Lipinski definition) is 1. The minimum Gasteiger partial charge on any atom is -0.348 e. The molecule has 1 saturated carbocycles. The van der Waals surface area contributed by atoms with Crippen LogP contribution in [0.15, 0.2) is 59.5 Å². The third-order valence-corrected chi connectivity index (χ3v) is 5.53. The lowest BCUT2D eigenvalue weighted by atomic mass is 10.1. The van der Waals surface area contributed by atoms with Crippen LogP contribution in [0, 0.1) is 6.92 Å². The predicted octanol–water partition coefficient (Wildman–Crippen LogP) is 4.49. The molecule has 1 heterocycles. The maximum Gasteiger partial charge on any atom is 0.329 e. The van der Waals surface area contributed by atoms with E-state index in [2.05, 4.69) is 11.4 Å². The number of carbonyl (C=O) groups excluding carboxylic acids is 1. The van der Waals surface area contributed by atoms with Crippen LogP contribution in [-0.4, -0.2) is 15.0 Å². The van der Waals surface area contributed by atoms with Gasteiger partial charge in [-0.1, -0.05) is 53.6 Å². The second kappa shape index (κ2) is 7.91. The van der Waals surface area contributed by atoms with E-state index in [-0.39, 0.29) is 30.2 Å². The molecule has 1 atom stereocenters. The lowest BCUT2D eigenvalue weighted by molar-refractivity contribution is -0.122. The molecule has 0 radical (unpaired) electrons. The Balaban J connectivity index is 1.55. The van der Waals surface area contributed by atoms with Crippen molar-refractivity contribution in [1.29, 1.82) is 0 Å². The van der Waals surface area contributed by atoms with Crippen LogP contribution in [0.25, 0.3) is 11.3 Å². The van der Waals surface area contributed by atoms with Crippen molar-refractivity contribution in [2.75, 3.05) is 0 Å². The zero-order chi connectivity index (χ0) is 20.5. The minimum atomic E-state index is -0.184. The van der Waals surface area contributed by atoms with Gasteiger partial charge in [0, 0.05) is 17.3 Å². The molecule has 1 aliphatic rings. The average molecular weight is 410 g/mol. The summed E-state index contributed by atoms with van der Waals surface area (Å²) in [6.07, 6.45) is 3.75. The second-order valence-corrected chi connectivity index (χ2v) is 8.17. The van der Waals surface area contributed by atoms with Gasteiger partial charge in [0.1, 0.15) is 6.54 Å². The van der Waals surface area contributed by atoms with Crippen molar-refractivity contribution < 1.29 is 4.79 Å². The maximum atomic E-state index is 13.0. The summed E-state index contributed by atoms with van der Waals surface area (Å²) in [5.41, 5.74) is 3.80. The van der Waals surface area contributed by atoms with Crippen molar-refractivity contribution in [3.05, 3.63) is 81.4 Å². The van der Waals surface area contributed by atoms with Gasteiger partial charge >= 0.3 is 5.69 Å². The number of nitrogens with zero attached hydrogens (tertiary/aromatic N) is 2. The zero-order valence-corrected chi connectivity index (χ0v) is 17.3. The van der Waals surface area contributed by atoms with Gasteiger partial charge in [0.25, 0.3) is 0 Å². The average Bonchev–Trinajstić information content (AvgIpc) is 3.47. The van der Waals surface area contributed by atoms with Crippen molar-refractivity contribution in [1.82, 2.24) is 14.5 Å². The molecule has 1 N–H and O–H groups in total. The van der Waals surface area contributed by atoms with Crippen molar-refractivity contribution in [2.24, 2.45) is 0 Å². The van der Waals surface area contributed by atoms with Crippen molar-refractivity contribution in [2.45, 2.75) is 45.3 Å². The number of imidazole rings is 1. The molecule has 1 aliphatic carbocycles. The molecule has 3 aromatic rings. The summed E-state index contributed by atoms with van der Waals surface area (Å²) in [5, 5.41) is 3.65. The SMILES string of the molecule is Cc1cccc(C(C)NC(=O)Cn2cc(-c3ccc(Cl)cc3)n(C3CC3)c2=O)c1. The predicted molar refractivity (Wildman–Crippen MR) is 115 cm³/mol. The molecule has 1 unspecified atom stereocenters. The Morgan fingerprint density at radius 1 is 1.21 bits per heavy atom. The monoisotopic (exact) mass is 409 g/mol. The number of amides is 1. The molecule has 0 saturated heterocycles. The fourth-order valence-electron chi connectivity index (χ4n) is 3.60. The van der Waals surface area contributed by atoms with Gasteiger partial charge in [0.05, 0.1) is 11.7 Å². The third-order valence-electron chi connectivity index (χ3n) is 5.28. The van der Waals surface area contributed by atoms with E-state index in [1.165, 1.54) is 4.57 Å². The summed E-state index contributed by atoms with van der Waals surface area (Å²) >= 11 is 6.00. The summed E-state index contributed by atoms with van der Waals surface area (Å²) in [4.78, 5) is 25.6. The van der Waals surface area contributed by atoms with Crippen LogP contribution in [-0.2, 0) is 11.3 Å². The first-order valence-electron chi connectivity index (χ1n) is 9.86. The summed E-state index contributed by atoms with van der Waals surface area (Å²) in [7, 11) is 0. The van der Waals surface area contributed by atoms with Gasteiger partial charge < -0.3 is 5.32 Å². The van der Waals surface area contributed by atoms with Crippen LogP contribution in [0.4, 0.5) is 0 Å². The van der Waals surface area contributed by atoms with Gasteiger partial charge in [-0.3, -0.25) is 13.9 Å². The van der Waals surface area contributed by atoms with Gasteiger partial charge in [-0.2, -0.15) is 0 Å². The van der Waals surface area contributed by atoms with Crippen LogP contribution in [0.1, 0.15) is 43.0 Å². The van der Waals surface area contributed by atoms with Crippen molar-refractivity contribution in [3.8, 4) is 11.3 Å². The maximum absolute atomic E-state index is 13.0. The molecule has 0 bridgehead atoms. The van der Waals surface area contributed by atoms with E-state index in [0.29, 0.717) is 5.02 Å². The highest BCUT2D eigenvalue weighted by molar-refractivity contribution is 6.30. The highest BCUT2D eigenvalue weighted by Crippen LogP contribution is 2.37.